The molecule has 0 aliphatic carbocycles. The second-order valence-electron chi connectivity index (χ2n) is 10.6. The molecule has 8 heteroatoms. The van der Waals surface area contributed by atoms with Gasteiger partial charge in [0.25, 0.3) is 11.8 Å². The van der Waals surface area contributed by atoms with Gasteiger partial charge in [-0.25, -0.2) is 0 Å². The van der Waals surface area contributed by atoms with Gasteiger partial charge in [-0.2, -0.15) is 0 Å². The molecule has 4 aromatic carbocycles. The Morgan fingerprint density at radius 2 is 1.56 bits per heavy atom. The van der Waals surface area contributed by atoms with E-state index in [1.165, 1.54) is 0 Å². The monoisotopic (exact) mass is 574 g/mol. The molecule has 3 aliphatic heterocycles. The van der Waals surface area contributed by atoms with Gasteiger partial charge in [0.15, 0.2) is 23.0 Å². The molecule has 4 aromatic rings. The maximum Gasteiger partial charge on any atom is 0.251 e. The second kappa shape index (κ2) is 10.9. The zero-order chi connectivity index (χ0) is 29.5. The van der Waals surface area contributed by atoms with Crippen LogP contribution in [0.15, 0.2) is 91.0 Å². The van der Waals surface area contributed by atoms with E-state index in [0.29, 0.717) is 41.5 Å². The Balaban J connectivity index is 1.49. The van der Waals surface area contributed by atoms with Gasteiger partial charge >= 0.3 is 0 Å². The normalized spacial score (nSPS) is 18.6. The van der Waals surface area contributed by atoms with Crippen LogP contribution in [-0.4, -0.2) is 50.3 Å². The largest absolute Gasteiger partial charge is 0.493 e. The Hall–Kier alpha value is -5.24. The highest BCUT2D eigenvalue weighted by atomic mass is 16.7. The van der Waals surface area contributed by atoms with E-state index in [-0.39, 0.29) is 18.6 Å². The summed E-state index contributed by atoms with van der Waals surface area (Å²) in [7, 11) is 3.22. The van der Waals surface area contributed by atoms with Gasteiger partial charge < -0.3 is 29.2 Å². The first-order valence-electron chi connectivity index (χ1n) is 14.2. The summed E-state index contributed by atoms with van der Waals surface area (Å²) in [5.74, 6) is 1.43. The lowest BCUT2D eigenvalue weighted by atomic mass is 9.74. The number of carbonyl (C=O) groups excluding carboxylic acids is 2. The standard InChI is InChI=1S/C35H30N2O6/c1-40-27-17-23-15-16-37-33(25(23)19-28(27)41-2)31(21-9-5-3-6-10-21)30(24-13-14-26-29(18-24)43-20-42-26)32(35(37)39)36-34(38)22-11-7-4-8-12-22/h3-14,17-19,30,32H,15-16,20H2,1-2H3,(H,36,38)/t30-,32+/m1/s1. The maximum atomic E-state index is 14.6. The predicted molar refractivity (Wildman–Crippen MR) is 161 cm³/mol. The minimum absolute atomic E-state index is 0.131. The van der Waals surface area contributed by atoms with Crippen LogP contribution in [-0.2, 0) is 11.2 Å². The van der Waals surface area contributed by atoms with Crippen molar-refractivity contribution in [2.24, 2.45) is 0 Å². The number of hydrogen-bond donors (Lipinski definition) is 1. The molecule has 8 nitrogen and oxygen atoms in total. The maximum absolute atomic E-state index is 14.6. The third-order valence-electron chi connectivity index (χ3n) is 8.33. The highest BCUT2D eigenvalue weighted by Crippen LogP contribution is 2.50. The van der Waals surface area contributed by atoms with E-state index in [4.69, 9.17) is 18.9 Å². The summed E-state index contributed by atoms with van der Waals surface area (Å²) >= 11 is 0. The average molecular weight is 575 g/mol. The zero-order valence-corrected chi connectivity index (χ0v) is 23.8. The molecule has 0 unspecified atom stereocenters. The summed E-state index contributed by atoms with van der Waals surface area (Å²) in [6, 6.07) is 27.8. The van der Waals surface area contributed by atoms with E-state index in [1.54, 1.807) is 26.4 Å². The van der Waals surface area contributed by atoms with Crippen molar-refractivity contribution in [2.45, 2.75) is 18.4 Å². The van der Waals surface area contributed by atoms with Crippen LogP contribution in [0.1, 0.15) is 38.5 Å². The van der Waals surface area contributed by atoms with Crippen molar-refractivity contribution in [3.63, 3.8) is 0 Å². The molecular formula is C35H30N2O6. The first-order valence-corrected chi connectivity index (χ1v) is 14.2. The lowest BCUT2D eigenvalue weighted by Crippen LogP contribution is -2.55. The number of amides is 2. The molecule has 0 radical (unpaired) electrons. The Bertz CT molecular complexity index is 1750. The molecule has 7 rings (SSSR count). The van der Waals surface area contributed by atoms with E-state index < -0.39 is 12.0 Å². The Morgan fingerprint density at radius 3 is 2.30 bits per heavy atom. The van der Waals surface area contributed by atoms with Gasteiger partial charge in [0.2, 0.25) is 6.79 Å². The number of benzene rings is 4. The number of methoxy groups -OCH3 is 2. The van der Waals surface area contributed by atoms with Crippen LogP contribution < -0.4 is 24.3 Å². The van der Waals surface area contributed by atoms with Crippen molar-refractivity contribution in [2.75, 3.05) is 27.6 Å². The van der Waals surface area contributed by atoms with Crippen LogP contribution in [0.25, 0.3) is 11.3 Å². The highest BCUT2D eigenvalue weighted by molar-refractivity contribution is 6.09. The summed E-state index contributed by atoms with van der Waals surface area (Å²) in [5, 5.41) is 3.12. The van der Waals surface area contributed by atoms with E-state index >= 15 is 0 Å². The third kappa shape index (κ3) is 4.55. The molecule has 3 aliphatic rings. The Labute approximate surface area is 249 Å². The molecule has 0 saturated heterocycles. The zero-order valence-electron chi connectivity index (χ0n) is 23.8. The smallest absolute Gasteiger partial charge is 0.251 e. The summed E-state index contributed by atoms with van der Waals surface area (Å²) in [5.41, 5.74) is 5.93. The topological polar surface area (TPSA) is 86.3 Å². The lowest BCUT2D eigenvalue weighted by Gasteiger charge is -2.44. The van der Waals surface area contributed by atoms with Crippen molar-refractivity contribution >= 4 is 23.1 Å². The van der Waals surface area contributed by atoms with Crippen molar-refractivity contribution in [1.29, 1.82) is 0 Å². The number of rotatable bonds is 6. The number of ether oxygens (including phenoxy) is 4. The van der Waals surface area contributed by atoms with Crippen LogP contribution in [0.4, 0.5) is 0 Å². The van der Waals surface area contributed by atoms with Gasteiger partial charge in [0.05, 0.1) is 19.9 Å². The van der Waals surface area contributed by atoms with Gasteiger partial charge in [-0.1, -0.05) is 54.6 Å². The molecule has 3 heterocycles. The van der Waals surface area contributed by atoms with E-state index in [2.05, 4.69) is 5.32 Å². The molecular weight excluding hydrogens is 544 g/mol. The second-order valence-corrected chi connectivity index (χ2v) is 10.6. The molecule has 0 bridgehead atoms. The first-order chi connectivity index (χ1) is 21.1. The van der Waals surface area contributed by atoms with Gasteiger partial charge in [-0.3, -0.25) is 9.59 Å². The number of nitrogens with one attached hydrogen (secondary N) is 1. The fraction of sp³-hybridized carbons (Fsp3) is 0.200. The summed E-state index contributed by atoms with van der Waals surface area (Å²) in [4.78, 5) is 30.0. The van der Waals surface area contributed by atoms with E-state index in [1.807, 2.05) is 83.8 Å². The summed E-state index contributed by atoms with van der Waals surface area (Å²) < 4.78 is 22.7. The molecule has 2 atom stereocenters. The average Bonchev–Trinajstić information content (AvgIpc) is 3.53. The van der Waals surface area contributed by atoms with E-state index in [0.717, 1.165) is 33.5 Å². The van der Waals surface area contributed by atoms with E-state index in [9.17, 15) is 9.59 Å². The minimum Gasteiger partial charge on any atom is -0.493 e. The predicted octanol–water partition coefficient (Wildman–Crippen LogP) is 5.28. The number of nitrogens with zero attached hydrogens (tertiary/aromatic N) is 1. The van der Waals surface area contributed by atoms with Crippen LogP contribution in [0, 0.1) is 0 Å². The van der Waals surface area contributed by atoms with Crippen molar-refractivity contribution in [3.8, 4) is 23.0 Å². The van der Waals surface area contributed by atoms with Crippen LogP contribution in [0.5, 0.6) is 23.0 Å². The third-order valence-corrected chi connectivity index (χ3v) is 8.33. The summed E-state index contributed by atoms with van der Waals surface area (Å²) in [6.45, 7) is 0.588. The van der Waals surface area contributed by atoms with Gasteiger partial charge in [-0.15, -0.1) is 0 Å². The number of carbonyl (C=O) groups is 2. The van der Waals surface area contributed by atoms with Crippen molar-refractivity contribution in [3.05, 3.63) is 119 Å². The molecule has 2 amide bonds. The molecule has 0 fully saturated rings. The molecule has 1 N–H and O–H groups in total. The molecule has 0 aromatic heterocycles. The molecule has 0 spiro atoms. The quantitative estimate of drug-likeness (QED) is 0.337. The van der Waals surface area contributed by atoms with Crippen LogP contribution >= 0.6 is 0 Å². The van der Waals surface area contributed by atoms with Crippen molar-refractivity contribution in [1.82, 2.24) is 10.2 Å². The summed E-state index contributed by atoms with van der Waals surface area (Å²) in [6.07, 6.45) is 0.626. The van der Waals surface area contributed by atoms with Crippen molar-refractivity contribution < 1.29 is 28.5 Å². The SMILES string of the molecule is COc1cc2c(cc1OC)C1=C(c3ccccc3)[C@@H](c3ccc4c(c3)OCO4)[C@H](NC(=O)c3ccccc3)C(=O)N1CC2. The minimum atomic E-state index is -0.881. The fourth-order valence-electron chi connectivity index (χ4n) is 6.33. The highest BCUT2D eigenvalue weighted by Gasteiger charge is 2.46. The molecule has 216 valence electrons. The van der Waals surface area contributed by atoms with Gasteiger partial charge in [0.1, 0.15) is 6.04 Å². The lowest BCUT2D eigenvalue weighted by molar-refractivity contribution is -0.130. The van der Waals surface area contributed by atoms with Crippen LogP contribution in [0.3, 0.4) is 0 Å². The molecule has 0 saturated carbocycles. The first kappa shape index (κ1) is 26.6. The Morgan fingerprint density at radius 1 is 0.860 bits per heavy atom. The fourth-order valence-corrected chi connectivity index (χ4v) is 6.33. The number of hydrogen-bond acceptors (Lipinski definition) is 6. The van der Waals surface area contributed by atoms with Gasteiger partial charge in [0, 0.05) is 23.6 Å². The Kier molecular flexibility index (Phi) is 6.74. The number of fused-ring (bicyclic) bond motifs is 4. The van der Waals surface area contributed by atoms with Gasteiger partial charge in [-0.05, 0) is 65.1 Å². The van der Waals surface area contributed by atoms with Crippen LogP contribution in [0.2, 0.25) is 0 Å². The molecule has 43 heavy (non-hydrogen) atoms.